The highest BCUT2D eigenvalue weighted by molar-refractivity contribution is 5.79. The van der Waals surface area contributed by atoms with Crippen LogP contribution in [0.5, 0.6) is 0 Å². The van der Waals surface area contributed by atoms with Crippen LogP contribution in [0.15, 0.2) is 24.8 Å². The van der Waals surface area contributed by atoms with Gasteiger partial charge in [-0.05, 0) is 26.7 Å². The first kappa shape index (κ1) is 14.3. The highest BCUT2D eigenvalue weighted by atomic mass is 16.6. The summed E-state index contributed by atoms with van der Waals surface area (Å²) in [7, 11) is 0. The predicted octanol–water partition coefficient (Wildman–Crippen LogP) is 2.10. The molecule has 1 saturated carbocycles. The quantitative estimate of drug-likeness (QED) is 0.711. The molecule has 0 aliphatic heterocycles. The lowest BCUT2D eigenvalue weighted by Crippen LogP contribution is -2.40. The van der Waals surface area contributed by atoms with Crippen molar-refractivity contribution in [2.75, 3.05) is 0 Å². The Morgan fingerprint density at radius 3 is 2.78 bits per heavy atom. The minimum Gasteiger partial charge on any atom is -0.480 e. The smallest absolute Gasteiger partial charge is 0.408 e. The minimum atomic E-state index is -1.10. The van der Waals surface area contributed by atoms with Crippen LogP contribution >= 0.6 is 0 Å². The standard InChI is InChI=1S/C13H19NO4/c1-5-6-8(2)10-7-13(10,4)18-12(17)14-9(3)11(15)16/h5,9-10H,1-2,6-7H2,3-4H3,(H,14,17)(H,15,16). The Morgan fingerprint density at radius 1 is 1.67 bits per heavy atom. The van der Waals surface area contributed by atoms with Crippen LogP contribution in [0, 0.1) is 5.92 Å². The van der Waals surface area contributed by atoms with Gasteiger partial charge in [0.2, 0.25) is 0 Å². The van der Waals surface area contributed by atoms with Gasteiger partial charge in [0.05, 0.1) is 0 Å². The van der Waals surface area contributed by atoms with E-state index in [1.165, 1.54) is 6.92 Å². The van der Waals surface area contributed by atoms with Gasteiger partial charge in [0.15, 0.2) is 0 Å². The molecule has 1 amide bonds. The Hall–Kier alpha value is -1.78. The molecule has 0 aromatic heterocycles. The van der Waals surface area contributed by atoms with Gasteiger partial charge in [-0.3, -0.25) is 4.79 Å². The van der Waals surface area contributed by atoms with Crippen LogP contribution in [-0.4, -0.2) is 28.8 Å². The summed E-state index contributed by atoms with van der Waals surface area (Å²) >= 11 is 0. The van der Waals surface area contributed by atoms with Crippen LogP contribution in [0.4, 0.5) is 4.79 Å². The summed E-state index contributed by atoms with van der Waals surface area (Å²) in [6.07, 6.45) is 2.46. The third kappa shape index (κ3) is 3.35. The molecule has 0 spiro atoms. The largest absolute Gasteiger partial charge is 0.480 e. The highest BCUT2D eigenvalue weighted by Gasteiger charge is 2.55. The zero-order valence-corrected chi connectivity index (χ0v) is 10.7. The second-order valence-electron chi connectivity index (χ2n) is 4.81. The number of amides is 1. The van der Waals surface area contributed by atoms with Gasteiger partial charge in [0.25, 0.3) is 0 Å². The molecule has 1 fully saturated rings. The summed E-state index contributed by atoms with van der Waals surface area (Å²) in [6.45, 7) is 10.8. The number of ether oxygens (including phenoxy) is 1. The summed E-state index contributed by atoms with van der Waals surface area (Å²) in [6, 6.07) is -0.963. The van der Waals surface area contributed by atoms with Crippen LogP contribution in [0.2, 0.25) is 0 Å². The number of carbonyl (C=O) groups excluding carboxylic acids is 1. The predicted molar refractivity (Wildman–Crippen MR) is 67.2 cm³/mol. The van der Waals surface area contributed by atoms with Gasteiger partial charge in [0.1, 0.15) is 11.6 Å². The average molecular weight is 253 g/mol. The van der Waals surface area contributed by atoms with Crippen LogP contribution in [-0.2, 0) is 9.53 Å². The highest BCUT2D eigenvalue weighted by Crippen LogP contribution is 2.51. The number of carboxylic acids is 1. The van der Waals surface area contributed by atoms with Crippen molar-refractivity contribution >= 4 is 12.1 Å². The summed E-state index contributed by atoms with van der Waals surface area (Å²) in [5.41, 5.74) is 0.411. The van der Waals surface area contributed by atoms with E-state index in [-0.39, 0.29) is 5.92 Å². The van der Waals surface area contributed by atoms with Gasteiger partial charge in [-0.15, -0.1) is 6.58 Å². The molecule has 3 unspecified atom stereocenters. The minimum absolute atomic E-state index is 0.126. The Labute approximate surface area is 107 Å². The van der Waals surface area contributed by atoms with Crippen LogP contribution in [0.3, 0.4) is 0 Å². The van der Waals surface area contributed by atoms with E-state index in [1.807, 2.05) is 6.92 Å². The SMILES string of the molecule is C=CCC(=C)C1CC1(C)OC(=O)NC(C)C(=O)O. The van der Waals surface area contributed by atoms with Crippen molar-refractivity contribution in [3.8, 4) is 0 Å². The van der Waals surface area contributed by atoms with Crippen molar-refractivity contribution in [3.63, 3.8) is 0 Å². The van der Waals surface area contributed by atoms with Crippen molar-refractivity contribution in [1.82, 2.24) is 5.32 Å². The molecule has 0 aromatic carbocycles. The number of carboxylic acid groups (broad SMARTS) is 1. The normalized spacial score (nSPS) is 26.9. The maximum Gasteiger partial charge on any atom is 0.408 e. The second-order valence-corrected chi connectivity index (χ2v) is 4.81. The lowest BCUT2D eigenvalue weighted by molar-refractivity contribution is -0.138. The Kier molecular flexibility index (Phi) is 4.16. The third-order valence-corrected chi connectivity index (χ3v) is 3.12. The number of hydrogen-bond donors (Lipinski definition) is 2. The fourth-order valence-corrected chi connectivity index (χ4v) is 1.84. The van der Waals surface area contributed by atoms with Gasteiger partial charge < -0.3 is 15.2 Å². The lowest BCUT2D eigenvalue weighted by Gasteiger charge is -2.16. The van der Waals surface area contributed by atoms with Crippen molar-refractivity contribution in [2.45, 2.75) is 38.3 Å². The van der Waals surface area contributed by atoms with Crippen molar-refractivity contribution in [2.24, 2.45) is 5.92 Å². The number of rotatable bonds is 6. The summed E-state index contributed by atoms with van der Waals surface area (Å²) < 4.78 is 5.24. The van der Waals surface area contributed by atoms with E-state index in [0.717, 1.165) is 5.57 Å². The fourth-order valence-electron chi connectivity index (χ4n) is 1.84. The van der Waals surface area contributed by atoms with Gasteiger partial charge >= 0.3 is 12.1 Å². The first-order valence-electron chi connectivity index (χ1n) is 5.81. The zero-order chi connectivity index (χ0) is 13.9. The summed E-state index contributed by atoms with van der Waals surface area (Å²) in [5, 5.41) is 10.9. The topological polar surface area (TPSA) is 75.6 Å². The molecule has 0 bridgehead atoms. The number of nitrogens with one attached hydrogen (secondary N) is 1. The Balaban J connectivity index is 2.44. The molecular formula is C13H19NO4. The van der Waals surface area contributed by atoms with Crippen molar-refractivity contribution in [3.05, 3.63) is 24.8 Å². The maximum atomic E-state index is 11.5. The maximum absolute atomic E-state index is 11.5. The van der Waals surface area contributed by atoms with E-state index in [1.54, 1.807) is 6.08 Å². The number of carbonyl (C=O) groups is 2. The molecule has 5 nitrogen and oxygen atoms in total. The van der Waals surface area contributed by atoms with E-state index in [0.29, 0.717) is 12.8 Å². The Morgan fingerprint density at radius 2 is 2.28 bits per heavy atom. The van der Waals surface area contributed by atoms with E-state index >= 15 is 0 Å². The molecule has 0 saturated heterocycles. The molecular weight excluding hydrogens is 234 g/mol. The number of alkyl carbamates (subject to hydrolysis) is 1. The van der Waals surface area contributed by atoms with Crippen molar-refractivity contribution < 1.29 is 19.4 Å². The van der Waals surface area contributed by atoms with Gasteiger partial charge in [0, 0.05) is 5.92 Å². The molecule has 3 atom stereocenters. The molecule has 18 heavy (non-hydrogen) atoms. The molecule has 2 N–H and O–H groups in total. The fraction of sp³-hybridized carbons (Fsp3) is 0.538. The first-order chi connectivity index (χ1) is 8.30. The van der Waals surface area contributed by atoms with E-state index in [2.05, 4.69) is 18.5 Å². The molecule has 0 heterocycles. The Bertz CT molecular complexity index is 390. The van der Waals surface area contributed by atoms with Crippen LogP contribution < -0.4 is 5.32 Å². The van der Waals surface area contributed by atoms with Gasteiger partial charge in [-0.25, -0.2) is 4.79 Å². The van der Waals surface area contributed by atoms with Crippen molar-refractivity contribution in [1.29, 1.82) is 0 Å². The summed E-state index contributed by atoms with van der Waals surface area (Å²) in [4.78, 5) is 22.1. The molecule has 1 aliphatic carbocycles. The molecule has 1 rings (SSSR count). The average Bonchev–Trinajstić information content (AvgIpc) is 2.89. The zero-order valence-electron chi connectivity index (χ0n) is 10.7. The van der Waals surface area contributed by atoms with Crippen LogP contribution in [0.25, 0.3) is 0 Å². The van der Waals surface area contributed by atoms with E-state index < -0.39 is 23.7 Å². The first-order valence-corrected chi connectivity index (χ1v) is 5.81. The lowest BCUT2D eigenvalue weighted by atomic mass is 10.1. The summed E-state index contributed by atoms with van der Waals surface area (Å²) in [5.74, 6) is -0.970. The monoisotopic (exact) mass is 253 g/mol. The van der Waals surface area contributed by atoms with Gasteiger partial charge in [-0.2, -0.15) is 0 Å². The van der Waals surface area contributed by atoms with Gasteiger partial charge in [-0.1, -0.05) is 18.2 Å². The van der Waals surface area contributed by atoms with E-state index in [4.69, 9.17) is 9.84 Å². The number of allylic oxidation sites excluding steroid dienone is 1. The third-order valence-electron chi connectivity index (χ3n) is 3.12. The second kappa shape index (κ2) is 5.25. The molecule has 100 valence electrons. The molecule has 5 heteroatoms. The number of aliphatic carboxylic acids is 1. The molecule has 1 aliphatic rings. The van der Waals surface area contributed by atoms with E-state index in [9.17, 15) is 9.59 Å². The van der Waals surface area contributed by atoms with Crippen LogP contribution in [0.1, 0.15) is 26.7 Å². The molecule has 0 radical (unpaired) electrons. The molecule has 0 aromatic rings. The number of hydrogen-bond acceptors (Lipinski definition) is 3.